The van der Waals surface area contributed by atoms with Crippen LogP contribution in [0.2, 0.25) is 0 Å². The molecule has 2 rings (SSSR count). The van der Waals surface area contributed by atoms with Gasteiger partial charge in [0.1, 0.15) is 19.6 Å². The summed E-state index contributed by atoms with van der Waals surface area (Å²) in [7, 11) is 0. The van der Waals surface area contributed by atoms with Gasteiger partial charge in [0, 0.05) is 10.0 Å². The van der Waals surface area contributed by atoms with Crippen molar-refractivity contribution in [1.29, 1.82) is 0 Å². The third-order valence-electron chi connectivity index (χ3n) is 2.78. The van der Waals surface area contributed by atoms with Gasteiger partial charge in [0.2, 0.25) is 5.78 Å². The fraction of sp³-hybridized carbons (Fsp3) is 0.417. The summed E-state index contributed by atoms with van der Waals surface area (Å²) in [6.45, 7) is 3.97. The first-order valence-corrected chi connectivity index (χ1v) is 6.25. The van der Waals surface area contributed by atoms with Gasteiger partial charge < -0.3 is 22.0 Å². The lowest BCUT2D eigenvalue weighted by molar-refractivity contribution is -0.899. The predicted octanol–water partition coefficient (Wildman–Crippen LogP) is -2.45. The molecule has 1 aliphatic rings. The predicted molar refractivity (Wildman–Crippen MR) is 64.9 cm³/mol. The van der Waals surface area contributed by atoms with Gasteiger partial charge in [-0.2, -0.15) is 0 Å². The van der Waals surface area contributed by atoms with Crippen molar-refractivity contribution in [2.75, 3.05) is 32.8 Å². The highest BCUT2D eigenvalue weighted by Crippen LogP contribution is 2.10. The van der Waals surface area contributed by atoms with Crippen LogP contribution < -0.4 is 17.3 Å². The lowest BCUT2D eigenvalue weighted by atomic mass is 10.1. The van der Waals surface area contributed by atoms with Crippen LogP contribution in [0.3, 0.4) is 0 Å². The van der Waals surface area contributed by atoms with Gasteiger partial charge in [0.05, 0.1) is 13.2 Å². The molecule has 1 saturated heterocycles. The topological polar surface area (TPSA) is 30.7 Å². The number of quaternary nitrogens is 1. The Bertz CT molecular complexity index is 363. The average Bonchev–Trinajstić information content (AvgIpc) is 2.31. The Kier molecular flexibility index (Phi) is 6.12. The summed E-state index contributed by atoms with van der Waals surface area (Å²) in [5, 5.41) is 0. The van der Waals surface area contributed by atoms with Crippen LogP contribution >= 0.6 is 15.9 Å². The minimum atomic E-state index is 0. The van der Waals surface area contributed by atoms with Crippen molar-refractivity contribution < 1.29 is 26.8 Å². The average molecular weight is 321 g/mol. The zero-order valence-electron chi connectivity index (χ0n) is 9.42. The van der Waals surface area contributed by atoms with Gasteiger partial charge in [-0.3, -0.25) is 4.79 Å². The summed E-state index contributed by atoms with van der Waals surface area (Å²) in [6, 6.07) is 7.54. The quantitative estimate of drug-likeness (QED) is 0.627. The van der Waals surface area contributed by atoms with Gasteiger partial charge in [-0.15, -0.1) is 0 Å². The van der Waals surface area contributed by atoms with E-state index in [4.69, 9.17) is 4.74 Å². The fourth-order valence-electron chi connectivity index (χ4n) is 1.80. The largest absolute Gasteiger partial charge is 1.00 e. The Balaban J connectivity index is 0.00000144. The molecule has 0 bridgehead atoms. The van der Waals surface area contributed by atoms with Crippen LogP contribution in [0.15, 0.2) is 28.7 Å². The summed E-state index contributed by atoms with van der Waals surface area (Å²) in [5.74, 6) is 0.212. The molecule has 1 heterocycles. The number of halogens is 2. The van der Waals surface area contributed by atoms with Gasteiger partial charge in [-0.25, -0.2) is 0 Å². The van der Waals surface area contributed by atoms with E-state index >= 15 is 0 Å². The van der Waals surface area contributed by atoms with Gasteiger partial charge in [-0.1, -0.05) is 28.1 Å². The Labute approximate surface area is 116 Å². The number of ketones is 1. The molecule has 3 nitrogen and oxygen atoms in total. The molecule has 1 N–H and O–H groups in total. The highest BCUT2D eigenvalue weighted by atomic mass is 79.9. The summed E-state index contributed by atoms with van der Waals surface area (Å²) < 4.78 is 6.27. The number of ether oxygens (including phenoxy) is 1. The van der Waals surface area contributed by atoms with Crippen molar-refractivity contribution in [3.63, 3.8) is 0 Å². The Hall–Kier alpha value is -0.420. The van der Waals surface area contributed by atoms with Crippen LogP contribution in [0.4, 0.5) is 0 Å². The molecule has 1 fully saturated rings. The standard InChI is InChI=1S/C12H14BrNO2.ClH/c13-11-3-1-10(2-4-11)12(15)9-14-5-7-16-8-6-14;/h1-4H,5-9H2;1H. The van der Waals surface area contributed by atoms with Crippen LogP contribution in [0.5, 0.6) is 0 Å². The minimum absolute atomic E-state index is 0. The molecular formula is C12H15BrClNO2. The molecule has 0 spiro atoms. The number of Topliss-reactive ketones (excluding diaryl/α,β-unsaturated/α-hetero) is 1. The Morgan fingerprint density at radius 1 is 1.24 bits per heavy atom. The molecule has 0 unspecified atom stereocenters. The summed E-state index contributed by atoms with van der Waals surface area (Å²) in [6.07, 6.45) is 0. The molecular weight excluding hydrogens is 305 g/mol. The molecule has 0 aromatic heterocycles. The van der Waals surface area contributed by atoms with Gasteiger partial charge in [0.15, 0.2) is 0 Å². The van der Waals surface area contributed by atoms with Crippen molar-refractivity contribution in [3.8, 4) is 0 Å². The first kappa shape index (κ1) is 14.6. The van der Waals surface area contributed by atoms with Gasteiger partial charge in [0.25, 0.3) is 0 Å². The van der Waals surface area contributed by atoms with Crippen molar-refractivity contribution in [2.24, 2.45) is 0 Å². The highest BCUT2D eigenvalue weighted by Gasteiger charge is 2.18. The van der Waals surface area contributed by atoms with E-state index in [0.29, 0.717) is 6.54 Å². The van der Waals surface area contributed by atoms with E-state index in [0.717, 1.165) is 36.3 Å². The molecule has 0 amide bonds. The first-order chi connectivity index (χ1) is 7.75. The highest BCUT2D eigenvalue weighted by molar-refractivity contribution is 9.10. The lowest BCUT2D eigenvalue weighted by Gasteiger charge is -2.22. The molecule has 17 heavy (non-hydrogen) atoms. The number of nitrogens with one attached hydrogen (secondary N) is 1. The van der Waals surface area contributed by atoms with Crippen molar-refractivity contribution >= 4 is 21.7 Å². The van der Waals surface area contributed by atoms with Crippen molar-refractivity contribution in [2.45, 2.75) is 0 Å². The zero-order valence-corrected chi connectivity index (χ0v) is 11.8. The number of hydrogen-bond donors (Lipinski definition) is 1. The van der Waals surface area contributed by atoms with Crippen molar-refractivity contribution in [1.82, 2.24) is 0 Å². The van der Waals surface area contributed by atoms with Gasteiger partial charge in [-0.05, 0) is 12.1 Å². The fourth-order valence-corrected chi connectivity index (χ4v) is 2.07. The maximum Gasteiger partial charge on any atom is 0.216 e. The summed E-state index contributed by atoms with van der Waals surface area (Å²) >= 11 is 3.36. The van der Waals surface area contributed by atoms with E-state index in [-0.39, 0.29) is 18.2 Å². The van der Waals surface area contributed by atoms with E-state index in [1.165, 1.54) is 4.90 Å². The van der Waals surface area contributed by atoms with Crippen LogP contribution in [0.1, 0.15) is 10.4 Å². The zero-order chi connectivity index (χ0) is 11.4. The Morgan fingerprint density at radius 3 is 2.41 bits per heavy atom. The number of carbonyl (C=O) groups is 1. The molecule has 94 valence electrons. The minimum Gasteiger partial charge on any atom is -1.00 e. The number of carbonyl (C=O) groups excluding carboxylic acids is 1. The van der Waals surface area contributed by atoms with E-state index in [9.17, 15) is 4.79 Å². The second-order valence-electron chi connectivity index (χ2n) is 3.97. The van der Waals surface area contributed by atoms with Crippen LogP contribution in [0, 0.1) is 0 Å². The van der Waals surface area contributed by atoms with E-state index in [2.05, 4.69) is 15.9 Å². The maximum atomic E-state index is 11.9. The molecule has 0 radical (unpaired) electrons. The van der Waals surface area contributed by atoms with Gasteiger partial charge >= 0.3 is 0 Å². The molecule has 0 atom stereocenters. The molecule has 1 aromatic rings. The second kappa shape index (κ2) is 7.11. The molecule has 1 aromatic carbocycles. The number of benzene rings is 1. The molecule has 1 aliphatic heterocycles. The third kappa shape index (κ3) is 4.39. The number of morpholine rings is 1. The molecule has 0 aliphatic carbocycles. The van der Waals surface area contributed by atoms with E-state index < -0.39 is 0 Å². The third-order valence-corrected chi connectivity index (χ3v) is 3.31. The SMILES string of the molecule is O=C(C[NH+]1CCOCC1)c1ccc(Br)cc1.[Cl-]. The monoisotopic (exact) mass is 319 g/mol. The summed E-state index contributed by atoms with van der Waals surface area (Å²) in [5.41, 5.74) is 0.794. The lowest BCUT2D eigenvalue weighted by Crippen LogP contribution is -3.14. The van der Waals surface area contributed by atoms with Crippen LogP contribution in [-0.4, -0.2) is 38.6 Å². The molecule has 5 heteroatoms. The maximum absolute atomic E-state index is 11.9. The molecule has 0 saturated carbocycles. The smallest absolute Gasteiger partial charge is 0.216 e. The number of rotatable bonds is 3. The number of hydrogen-bond acceptors (Lipinski definition) is 2. The van der Waals surface area contributed by atoms with E-state index in [1.807, 2.05) is 24.3 Å². The summed E-state index contributed by atoms with van der Waals surface area (Å²) in [4.78, 5) is 13.3. The normalized spacial score (nSPS) is 16.3. The Morgan fingerprint density at radius 2 is 1.82 bits per heavy atom. The van der Waals surface area contributed by atoms with Crippen LogP contribution in [-0.2, 0) is 4.74 Å². The van der Waals surface area contributed by atoms with E-state index in [1.54, 1.807) is 0 Å². The first-order valence-electron chi connectivity index (χ1n) is 5.46. The second-order valence-corrected chi connectivity index (χ2v) is 4.88. The van der Waals surface area contributed by atoms with Crippen LogP contribution in [0.25, 0.3) is 0 Å². The van der Waals surface area contributed by atoms with Crippen molar-refractivity contribution in [3.05, 3.63) is 34.3 Å².